The van der Waals surface area contributed by atoms with Gasteiger partial charge in [-0.05, 0) is 35.7 Å². The average molecular weight is 324 g/mol. The zero-order valence-corrected chi connectivity index (χ0v) is 11.1. The van der Waals surface area contributed by atoms with Crippen LogP contribution in [0, 0.1) is 6.92 Å². The van der Waals surface area contributed by atoms with Gasteiger partial charge >= 0.3 is 0 Å². The second-order valence-corrected chi connectivity index (χ2v) is 4.65. The first kappa shape index (κ1) is 11.9. The van der Waals surface area contributed by atoms with Crippen molar-refractivity contribution < 1.29 is 0 Å². The fraction of sp³-hybridized carbons (Fsp3) is 0.556. The maximum atomic E-state index is 11.6. The number of unbranched alkanes of at least 4 members (excludes halogenated alkanes) is 1. The molecule has 1 heterocycles. The molecule has 0 aliphatic rings. The third-order valence-electron chi connectivity index (χ3n) is 1.97. The minimum absolute atomic E-state index is 0.00655. The summed E-state index contributed by atoms with van der Waals surface area (Å²) in [7, 11) is 0. The molecule has 3 nitrogen and oxygen atoms in total. The number of hydrogen-bond donors (Lipinski definition) is 0. The average Bonchev–Trinajstić information content (AvgIpc) is 2.18. The van der Waals surface area contributed by atoms with E-state index in [1.807, 2.05) is 6.92 Å². The molecule has 0 atom stereocenters. The first-order chi connectivity index (χ1) is 6.66. The van der Waals surface area contributed by atoms with Gasteiger partial charge in [0.2, 0.25) is 0 Å². The minimum Gasteiger partial charge on any atom is -0.296 e. The van der Waals surface area contributed by atoms with Gasteiger partial charge in [0, 0.05) is 18.1 Å². The highest BCUT2D eigenvalue weighted by Gasteiger charge is 2.04. The fourth-order valence-electron chi connectivity index (χ4n) is 1.18. The Morgan fingerprint density at radius 3 is 2.86 bits per heavy atom. The van der Waals surface area contributed by atoms with Crippen molar-refractivity contribution in [2.45, 2.75) is 26.3 Å². The van der Waals surface area contributed by atoms with Crippen LogP contribution in [0.3, 0.4) is 0 Å². The highest BCUT2D eigenvalue weighted by molar-refractivity contribution is 9.10. The van der Waals surface area contributed by atoms with Crippen molar-refractivity contribution in [3.8, 4) is 0 Å². The van der Waals surface area contributed by atoms with Crippen molar-refractivity contribution in [3.63, 3.8) is 0 Å². The predicted octanol–water partition coefficient (Wildman–Crippen LogP) is 2.49. The largest absolute Gasteiger partial charge is 0.296 e. The van der Waals surface area contributed by atoms with E-state index >= 15 is 0 Å². The molecule has 0 fully saturated rings. The molecule has 0 aliphatic heterocycles. The molecule has 1 aromatic heterocycles. The van der Waals surface area contributed by atoms with Crippen molar-refractivity contribution in [1.82, 2.24) is 9.55 Å². The normalized spacial score (nSPS) is 10.5. The van der Waals surface area contributed by atoms with Crippen LogP contribution in [-0.4, -0.2) is 14.9 Å². The van der Waals surface area contributed by atoms with Gasteiger partial charge in [0.1, 0.15) is 10.3 Å². The quantitative estimate of drug-likeness (QED) is 0.630. The summed E-state index contributed by atoms with van der Waals surface area (Å²) in [4.78, 5) is 15.8. The zero-order chi connectivity index (χ0) is 10.6. The Bertz CT molecular complexity index is 362. The highest BCUT2D eigenvalue weighted by Crippen LogP contribution is 2.03. The molecule has 78 valence electrons. The molecule has 1 aromatic rings. The third kappa shape index (κ3) is 2.92. The fourth-order valence-corrected chi connectivity index (χ4v) is 1.89. The van der Waals surface area contributed by atoms with E-state index in [-0.39, 0.29) is 5.56 Å². The van der Waals surface area contributed by atoms with Gasteiger partial charge in [-0.1, -0.05) is 15.9 Å². The summed E-state index contributed by atoms with van der Waals surface area (Å²) in [5.74, 6) is 0.771. The molecule has 0 aliphatic carbocycles. The van der Waals surface area contributed by atoms with Crippen LogP contribution in [0.25, 0.3) is 0 Å². The molecule has 0 aromatic carbocycles. The molecule has 0 bridgehead atoms. The Morgan fingerprint density at radius 1 is 1.50 bits per heavy atom. The van der Waals surface area contributed by atoms with E-state index in [2.05, 4.69) is 36.8 Å². The smallest absolute Gasteiger partial charge is 0.267 e. The molecule has 0 N–H and O–H groups in total. The summed E-state index contributed by atoms with van der Waals surface area (Å²) in [6.07, 6.45) is 3.61. The number of halogens is 2. The summed E-state index contributed by atoms with van der Waals surface area (Å²) in [5, 5.41) is 0.974. The van der Waals surface area contributed by atoms with Crippen molar-refractivity contribution >= 4 is 31.9 Å². The Kier molecular flexibility index (Phi) is 4.81. The molecule has 0 saturated heterocycles. The van der Waals surface area contributed by atoms with Gasteiger partial charge < -0.3 is 0 Å². The van der Waals surface area contributed by atoms with Crippen LogP contribution in [0.15, 0.2) is 15.5 Å². The number of aryl methyl sites for hydroxylation is 1. The van der Waals surface area contributed by atoms with E-state index in [4.69, 9.17) is 0 Å². The summed E-state index contributed by atoms with van der Waals surface area (Å²) >= 11 is 6.55. The van der Waals surface area contributed by atoms with E-state index in [1.165, 1.54) is 0 Å². The minimum atomic E-state index is 0.00655. The molecule has 0 unspecified atom stereocenters. The Morgan fingerprint density at radius 2 is 2.21 bits per heavy atom. The summed E-state index contributed by atoms with van der Waals surface area (Å²) in [6.45, 7) is 2.59. The summed E-state index contributed by atoms with van der Waals surface area (Å²) in [6, 6.07) is 0. The molecule has 0 saturated carbocycles. The number of rotatable bonds is 4. The van der Waals surface area contributed by atoms with E-state index in [1.54, 1.807) is 10.8 Å². The van der Waals surface area contributed by atoms with E-state index in [9.17, 15) is 4.79 Å². The van der Waals surface area contributed by atoms with Gasteiger partial charge in [0.05, 0.1) is 0 Å². The third-order valence-corrected chi connectivity index (χ3v) is 3.07. The monoisotopic (exact) mass is 322 g/mol. The molecule has 1 rings (SSSR count). The number of hydrogen-bond acceptors (Lipinski definition) is 2. The zero-order valence-electron chi connectivity index (χ0n) is 7.96. The second kappa shape index (κ2) is 5.66. The van der Waals surface area contributed by atoms with Gasteiger partial charge in [-0.25, -0.2) is 4.98 Å². The van der Waals surface area contributed by atoms with Crippen LogP contribution >= 0.6 is 31.9 Å². The molecular weight excluding hydrogens is 312 g/mol. The highest BCUT2D eigenvalue weighted by atomic mass is 79.9. The molecule has 14 heavy (non-hydrogen) atoms. The van der Waals surface area contributed by atoms with Gasteiger partial charge in [-0.15, -0.1) is 0 Å². The second-order valence-electron chi connectivity index (χ2n) is 3.01. The Hall–Kier alpha value is -0.160. The lowest BCUT2D eigenvalue weighted by molar-refractivity contribution is 0.585. The van der Waals surface area contributed by atoms with E-state index < -0.39 is 0 Å². The molecule has 0 amide bonds. The van der Waals surface area contributed by atoms with E-state index in [0.29, 0.717) is 4.47 Å². The van der Waals surface area contributed by atoms with Gasteiger partial charge in [-0.3, -0.25) is 9.36 Å². The SMILES string of the molecule is Cc1ncc(Br)c(=O)n1CCCCBr. The van der Waals surface area contributed by atoms with Crippen molar-refractivity contribution in [2.24, 2.45) is 0 Å². The standard InChI is InChI=1S/C9H12Br2N2O/c1-7-12-6-8(11)9(14)13(7)5-3-2-4-10/h6H,2-5H2,1H3. The number of nitrogens with zero attached hydrogens (tertiary/aromatic N) is 2. The van der Waals surface area contributed by atoms with Gasteiger partial charge in [0.15, 0.2) is 0 Å². The predicted molar refractivity (Wildman–Crippen MR) is 64.0 cm³/mol. The maximum absolute atomic E-state index is 11.6. The topological polar surface area (TPSA) is 34.9 Å². The van der Waals surface area contributed by atoms with Crippen LogP contribution in [0.2, 0.25) is 0 Å². The first-order valence-corrected chi connectivity index (χ1v) is 6.36. The van der Waals surface area contributed by atoms with Gasteiger partial charge in [0.25, 0.3) is 5.56 Å². The van der Waals surface area contributed by atoms with Crippen LogP contribution in [0.4, 0.5) is 0 Å². The molecule has 5 heteroatoms. The van der Waals surface area contributed by atoms with Crippen molar-refractivity contribution in [2.75, 3.05) is 5.33 Å². The van der Waals surface area contributed by atoms with E-state index in [0.717, 1.165) is 30.5 Å². The summed E-state index contributed by atoms with van der Waals surface area (Å²) < 4.78 is 2.23. The Balaban J connectivity index is 2.84. The lowest BCUT2D eigenvalue weighted by Gasteiger charge is -2.08. The van der Waals surface area contributed by atoms with Crippen LogP contribution in [-0.2, 0) is 6.54 Å². The lowest BCUT2D eigenvalue weighted by Crippen LogP contribution is -2.24. The van der Waals surface area contributed by atoms with Crippen molar-refractivity contribution in [1.29, 1.82) is 0 Å². The molecule has 0 radical (unpaired) electrons. The van der Waals surface area contributed by atoms with Crippen LogP contribution < -0.4 is 5.56 Å². The molecular formula is C9H12Br2N2O. The Labute approximate surface area is 99.8 Å². The van der Waals surface area contributed by atoms with Gasteiger partial charge in [-0.2, -0.15) is 0 Å². The number of aromatic nitrogens is 2. The lowest BCUT2D eigenvalue weighted by atomic mass is 10.3. The maximum Gasteiger partial charge on any atom is 0.267 e. The van der Waals surface area contributed by atoms with Crippen LogP contribution in [0.5, 0.6) is 0 Å². The molecule has 0 spiro atoms. The van der Waals surface area contributed by atoms with Crippen molar-refractivity contribution in [3.05, 3.63) is 26.8 Å². The van der Waals surface area contributed by atoms with Crippen LogP contribution in [0.1, 0.15) is 18.7 Å². The summed E-state index contributed by atoms with van der Waals surface area (Å²) in [5.41, 5.74) is 0.00655. The first-order valence-electron chi connectivity index (χ1n) is 4.44. The number of alkyl halides is 1.